The summed E-state index contributed by atoms with van der Waals surface area (Å²) in [6, 6.07) is 0. The van der Waals surface area contributed by atoms with Crippen LogP contribution in [0, 0.1) is 5.92 Å². The highest BCUT2D eigenvalue weighted by atomic mass is 32.2. The summed E-state index contributed by atoms with van der Waals surface area (Å²) in [5, 5.41) is -0.394. The maximum atomic E-state index is 11.9. The van der Waals surface area contributed by atoms with Gasteiger partial charge >= 0.3 is 0 Å². The SMILES string of the molecule is CCC1CCC(CN)(NS(=O)(=O)C(C)C)CC1. The van der Waals surface area contributed by atoms with E-state index in [1.54, 1.807) is 13.8 Å². The van der Waals surface area contributed by atoms with Crippen LogP contribution in [0.1, 0.15) is 52.9 Å². The molecule has 0 amide bonds. The van der Waals surface area contributed by atoms with Gasteiger partial charge in [0, 0.05) is 12.1 Å². The van der Waals surface area contributed by atoms with Crippen LogP contribution in [-0.4, -0.2) is 25.8 Å². The van der Waals surface area contributed by atoms with Crippen LogP contribution in [0.15, 0.2) is 0 Å². The molecule has 1 fully saturated rings. The number of rotatable bonds is 5. The van der Waals surface area contributed by atoms with Crippen LogP contribution in [-0.2, 0) is 10.0 Å². The van der Waals surface area contributed by atoms with Gasteiger partial charge in [0.05, 0.1) is 5.25 Å². The summed E-state index contributed by atoms with van der Waals surface area (Å²) in [5.41, 5.74) is 5.41. The van der Waals surface area contributed by atoms with E-state index in [1.807, 2.05) is 0 Å². The van der Waals surface area contributed by atoms with Crippen molar-refractivity contribution >= 4 is 10.0 Å². The molecule has 0 aromatic heterocycles. The lowest BCUT2D eigenvalue weighted by Gasteiger charge is -2.40. The minimum absolute atomic E-state index is 0.394. The van der Waals surface area contributed by atoms with Crippen molar-refractivity contribution < 1.29 is 8.42 Å². The third kappa shape index (κ3) is 3.66. The molecule has 1 rings (SSSR count). The molecule has 1 saturated carbocycles. The monoisotopic (exact) mass is 262 g/mol. The second kappa shape index (κ2) is 5.67. The summed E-state index contributed by atoms with van der Waals surface area (Å²) in [7, 11) is -3.22. The molecule has 102 valence electrons. The van der Waals surface area contributed by atoms with E-state index in [9.17, 15) is 8.42 Å². The van der Waals surface area contributed by atoms with Gasteiger partial charge in [-0.2, -0.15) is 0 Å². The van der Waals surface area contributed by atoms with Gasteiger partial charge in [0.25, 0.3) is 0 Å². The minimum Gasteiger partial charge on any atom is -0.329 e. The number of nitrogens with one attached hydrogen (secondary N) is 1. The van der Waals surface area contributed by atoms with Crippen molar-refractivity contribution in [3.8, 4) is 0 Å². The van der Waals surface area contributed by atoms with Crippen molar-refractivity contribution in [2.45, 2.75) is 63.7 Å². The maximum Gasteiger partial charge on any atom is 0.214 e. The lowest BCUT2D eigenvalue weighted by molar-refractivity contribution is 0.217. The molecule has 4 nitrogen and oxygen atoms in total. The number of hydrogen-bond donors (Lipinski definition) is 2. The molecule has 1 aliphatic rings. The lowest BCUT2D eigenvalue weighted by Crippen LogP contribution is -2.56. The Kier molecular flexibility index (Phi) is 4.98. The van der Waals surface area contributed by atoms with E-state index >= 15 is 0 Å². The zero-order valence-electron chi connectivity index (χ0n) is 11.2. The van der Waals surface area contributed by atoms with Gasteiger partial charge in [-0.25, -0.2) is 13.1 Å². The predicted octanol–water partition coefficient (Wildman–Crippen LogP) is 1.61. The number of nitrogens with two attached hydrogens (primary N) is 1. The number of hydrogen-bond acceptors (Lipinski definition) is 3. The first kappa shape index (κ1) is 14.9. The molecule has 0 aromatic rings. The van der Waals surface area contributed by atoms with Gasteiger partial charge < -0.3 is 5.73 Å². The van der Waals surface area contributed by atoms with Crippen LogP contribution < -0.4 is 10.5 Å². The van der Waals surface area contributed by atoms with Gasteiger partial charge in [0.15, 0.2) is 0 Å². The normalized spacial score (nSPS) is 30.8. The predicted molar refractivity (Wildman–Crippen MR) is 71.2 cm³/mol. The van der Waals surface area contributed by atoms with E-state index in [0.29, 0.717) is 6.54 Å². The highest BCUT2D eigenvalue weighted by Crippen LogP contribution is 2.33. The summed E-state index contributed by atoms with van der Waals surface area (Å²) >= 11 is 0. The number of sulfonamides is 1. The van der Waals surface area contributed by atoms with E-state index < -0.39 is 20.8 Å². The van der Waals surface area contributed by atoms with Crippen molar-refractivity contribution in [3.63, 3.8) is 0 Å². The first-order chi connectivity index (χ1) is 7.85. The van der Waals surface area contributed by atoms with Crippen molar-refractivity contribution in [1.82, 2.24) is 4.72 Å². The molecule has 5 heteroatoms. The molecular weight excluding hydrogens is 236 g/mol. The van der Waals surface area contributed by atoms with E-state index in [4.69, 9.17) is 5.73 Å². The molecular formula is C12H26N2O2S. The van der Waals surface area contributed by atoms with Crippen LogP contribution in [0.4, 0.5) is 0 Å². The average molecular weight is 262 g/mol. The molecule has 0 aromatic carbocycles. The summed E-state index contributed by atoms with van der Waals surface area (Å²) in [6.45, 7) is 5.99. The molecule has 0 bridgehead atoms. The van der Waals surface area contributed by atoms with Crippen LogP contribution >= 0.6 is 0 Å². The molecule has 3 N–H and O–H groups in total. The van der Waals surface area contributed by atoms with E-state index in [2.05, 4.69) is 11.6 Å². The van der Waals surface area contributed by atoms with Crippen LogP contribution in [0.2, 0.25) is 0 Å². The van der Waals surface area contributed by atoms with E-state index in [-0.39, 0.29) is 0 Å². The first-order valence-electron chi connectivity index (χ1n) is 6.58. The third-order valence-electron chi connectivity index (χ3n) is 4.01. The Morgan fingerprint density at radius 1 is 1.35 bits per heavy atom. The molecule has 0 spiro atoms. The Hall–Kier alpha value is -0.130. The Balaban J connectivity index is 2.72. The highest BCUT2D eigenvalue weighted by Gasteiger charge is 2.37. The van der Waals surface area contributed by atoms with Gasteiger partial charge in [-0.3, -0.25) is 0 Å². The van der Waals surface area contributed by atoms with Gasteiger partial charge in [0.2, 0.25) is 10.0 Å². The molecule has 17 heavy (non-hydrogen) atoms. The first-order valence-corrected chi connectivity index (χ1v) is 8.12. The second-order valence-corrected chi connectivity index (χ2v) is 7.77. The van der Waals surface area contributed by atoms with Gasteiger partial charge in [-0.15, -0.1) is 0 Å². The fraction of sp³-hybridized carbons (Fsp3) is 1.00. The van der Waals surface area contributed by atoms with Crippen molar-refractivity contribution in [3.05, 3.63) is 0 Å². The van der Waals surface area contributed by atoms with E-state index in [1.165, 1.54) is 6.42 Å². The van der Waals surface area contributed by atoms with Crippen LogP contribution in [0.3, 0.4) is 0 Å². The lowest BCUT2D eigenvalue weighted by atomic mass is 9.76. The highest BCUT2D eigenvalue weighted by molar-refractivity contribution is 7.90. The fourth-order valence-electron chi connectivity index (χ4n) is 2.41. The van der Waals surface area contributed by atoms with Crippen molar-refractivity contribution in [2.24, 2.45) is 11.7 Å². The van der Waals surface area contributed by atoms with Crippen molar-refractivity contribution in [1.29, 1.82) is 0 Å². The topological polar surface area (TPSA) is 72.2 Å². The van der Waals surface area contributed by atoms with Crippen molar-refractivity contribution in [2.75, 3.05) is 6.54 Å². The minimum atomic E-state index is -3.22. The van der Waals surface area contributed by atoms with Crippen LogP contribution in [0.25, 0.3) is 0 Å². The molecule has 0 atom stereocenters. The standard InChI is InChI=1S/C12H26N2O2S/c1-4-11-5-7-12(9-13,8-6-11)14-17(15,16)10(2)3/h10-11,14H,4-9,13H2,1-3H3. The maximum absolute atomic E-state index is 11.9. The average Bonchev–Trinajstić information content (AvgIpc) is 2.29. The molecule has 0 radical (unpaired) electrons. The van der Waals surface area contributed by atoms with Gasteiger partial charge in [0.1, 0.15) is 0 Å². The molecule has 1 aliphatic carbocycles. The summed E-state index contributed by atoms with van der Waals surface area (Å²) < 4.78 is 26.7. The smallest absolute Gasteiger partial charge is 0.214 e. The largest absolute Gasteiger partial charge is 0.329 e. The Morgan fingerprint density at radius 2 is 1.88 bits per heavy atom. The van der Waals surface area contributed by atoms with E-state index in [0.717, 1.165) is 31.6 Å². The molecule has 0 unspecified atom stereocenters. The van der Waals surface area contributed by atoms with Gasteiger partial charge in [-0.1, -0.05) is 13.3 Å². The summed E-state index contributed by atoms with van der Waals surface area (Å²) in [5.74, 6) is 0.734. The van der Waals surface area contributed by atoms with Crippen LogP contribution in [0.5, 0.6) is 0 Å². The summed E-state index contributed by atoms with van der Waals surface area (Å²) in [6.07, 6.45) is 5.07. The quantitative estimate of drug-likeness (QED) is 0.790. The zero-order valence-corrected chi connectivity index (χ0v) is 12.0. The van der Waals surface area contributed by atoms with Gasteiger partial charge in [-0.05, 0) is 45.4 Å². The molecule has 0 heterocycles. The summed E-state index contributed by atoms with van der Waals surface area (Å²) in [4.78, 5) is 0. The fourth-order valence-corrected chi connectivity index (χ4v) is 3.53. The zero-order chi connectivity index (χ0) is 13.1. The Morgan fingerprint density at radius 3 is 2.24 bits per heavy atom. The molecule has 0 aliphatic heterocycles. The Labute approximate surface area is 105 Å². The molecule has 0 saturated heterocycles. The Bertz CT molecular complexity index is 330. The second-order valence-electron chi connectivity index (χ2n) is 5.53. The third-order valence-corrected chi connectivity index (χ3v) is 5.97.